The summed E-state index contributed by atoms with van der Waals surface area (Å²) in [7, 11) is 2.19. The average molecular weight is 523 g/mol. The minimum atomic E-state index is -1.23. The molecule has 2 saturated heterocycles. The number of aryl methyl sites for hydroxylation is 1. The lowest BCUT2D eigenvalue weighted by Gasteiger charge is -2.39. The molecular formula is C30H38N2O4S. The lowest BCUT2D eigenvalue weighted by atomic mass is 9.90. The summed E-state index contributed by atoms with van der Waals surface area (Å²) in [6.07, 6.45) is -3.94. The molecule has 5 atom stereocenters. The normalized spacial score (nSPS) is 27.5. The van der Waals surface area contributed by atoms with Crippen LogP contribution in [0.4, 0.5) is 0 Å². The zero-order valence-corrected chi connectivity index (χ0v) is 22.7. The molecule has 3 heterocycles. The largest absolute Gasteiger partial charge is 0.388 e. The first-order valence-electron chi connectivity index (χ1n) is 13.2. The molecule has 2 aliphatic rings. The van der Waals surface area contributed by atoms with Gasteiger partial charge in [-0.05, 0) is 66.9 Å². The second kappa shape index (κ2) is 11.3. The van der Waals surface area contributed by atoms with E-state index in [1.807, 2.05) is 23.5 Å². The third-order valence-corrected chi connectivity index (χ3v) is 8.93. The SMILES string of the molecule is Cc1ccc(C2OC(C)C(O)C(O)C2O)cc1Cc1ccc(-c2cccc(CN3CCN(C)CC3)c2)s1. The van der Waals surface area contributed by atoms with Gasteiger partial charge in [0.15, 0.2) is 0 Å². The standard InChI is InChI=1S/C30H38N2O4S/c1-19-7-8-23(30-29(35)28(34)27(33)20(2)36-30)16-24(19)17-25-9-10-26(37-25)22-6-4-5-21(15-22)18-32-13-11-31(3)12-14-32/h4-10,15-16,20,27-30,33-35H,11-14,17-18H2,1-3H3. The highest BCUT2D eigenvalue weighted by Gasteiger charge is 2.42. The van der Waals surface area contributed by atoms with E-state index in [9.17, 15) is 15.3 Å². The van der Waals surface area contributed by atoms with Crippen LogP contribution in [-0.2, 0) is 17.7 Å². The van der Waals surface area contributed by atoms with Crippen LogP contribution in [0.5, 0.6) is 0 Å². The van der Waals surface area contributed by atoms with Crippen LogP contribution in [-0.4, -0.2) is 82.8 Å². The maximum atomic E-state index is 10.6. The average Bonchev–Trinajstić information content (AvgIpc) is 3.36. The second-order valence-electron chi connectivity index (χ2n) is 10.6. The van der Waals surface area contributed by atoms with E-state index in [4.69, 9.17) is 4.74 Å². The summed E-state index contributed by atoms with van der Waals surface area (Å²) in [5.74, 6) is 0. The van der Waals surface area contributed by atoms with Gasteiger partial charge in [-0.25, -0.2) is 0 Å². The van der Waals surface area contributed by atoms with Gasteiger partial charge in [-0.2, -0.15) is 0 Å². The number of benzene rings is 2. The summed E-state index contributed by atoms with van der Waals surface area (Å²) in [4.78, 5) is 7.45. The molecule has 2 fully saturated rings. The van der Waals surface area contributed by atoms with Gasteiger partial charge in [0.05, 0.1) is 6.10 Å². The lowest BCUT2D eigenvalue weighted by Crippen LogP contribution is -2.53. The first kappa shape index (κ1) is 26.5. The van der Waals surface area contributed by atoms with E-state index in [1.165, 1.54) is 32.0 Å². The summed E-state index contributed by atoms with van der Waals surface area (Å²) in [5, 5.41) is 30.9. The van der Waals surface area contributed by atoms with Gasteiger partial charge in [-0.1, -0.05) is 36.4 Å². The van der Waals surface area contributed by atoms with Gasteiger partial charge >= 0.3 is 0 Å². The first-order chi connectivity index (χ1) is 17.8. The third kappa shape index (κ3) is 5.99. The molecule has 198 valence electrons. The Kier molecular flexibility index (Phi) is 8.12. The molecule has 5 unspecified atom stereocenters. The summed E-state index contributed by atoms with van der Waals surface area (Å²) < 4.78 is 5.88. The van der Waals surface area contributed by atoms with Crippen LogP contribution in [0.2, 0.25) is 0 Å². The molecule has 0 amide bonds. The number of thiophene rings is 1. The quantitative estimate of drug-likeness (QED) is 0.459. The number of likely N-dealkylation sites (N-methyl/N-ethyl adjacent to an activating group) is 1. The van der Waals surface area contributed by atoms with Crippen LogP contribution in [0.15, 0.2) is 54.6 Å². The Morgan fingerprint density at radius 2 is 1.70 bits per heavy atom. The summed E-state index contributed by atoms with van der Waals surface area (Å²) in [5.41, 5.74) is 5.77. The number of aliphatic hydroxyl groups excluding tert-OH is 3. The van der Waals surface area contributed by atoms with E-state index in [2.05, 4.69) is 66.2 Å². The van der Waals surface area contributed by atoms with Crippen molar-refractivity contribution >= 4 is 11.3 Å². The number of nitrogens with zero attached hydrogens (tertiary/aromatic N) is 2. The van der Waals surface area contributed by atoms with Crippen LogP contribution in [0, 0.1) is 6.92 Å². The number of hydrogen-bond acceptors (Lipinski definition) is 7. The number of ether oxygens (including phenoxy) is 1. The molecular weight excluding hydrogens is 484 g/mol. The smallest absolute Gasteiger partial charge is 0.113 e. The Morgan fingerprint density at radius 3 is 2.49 bits per heavy atom. The predicted molar refractivity (Wildman–Crippen MR) is 148 cm³/mol. The molecule has 6 nitrogen and oxygen atoms in total. The lowest BCUT2D eigenvalue weighted by molar-refractivity contribution is -0.219. The van der Waals surface area contributed by atoms with Crippen molar-refractivity contribution < 1.29 is 20.1 Å². The fraction of sp³-hybridized carbons (Fsp3) is 0.467. The molecule has 2 aromatic carbocycles. The van der Waals surface area contributed by atoms with Gasteiger partial charge in [0.25, 0.3) is 0 Å². The zero-order chi connectivity index (χ0) is 26.1. The van der Waals surface area contributed by atoms with Crippen molar-refractivity contribution in [3.63, 3.8) is 0 Å². The van der Waals surface area contributed by atoms with Gasteiger partial charge in [-0.15, -0.1) is 11.3 Å². The van der Waals surface area contributed by atoms with E-state index < -0.39 is 30.5 Å². The molecule has 0 spiro atoms. The van der Waals surface area contributed by atoms with Gasteiger partial charge in [0, 0.05) is 48.9 Å². The molecule has 37 heavy (non-hydrogen) atoms. The summed E-state index contributed by atoms with van der Waals surface area (Å²) in [6.45, 7) is 9.28. The van der Waals surface area contributed by atoms with E-state index in [1.54, 1.807) is 6.92 Å². The fourth-order valence-corrected chi connectivity index (χ4v) is 6.32. The Bertz CT molecular complexity index is 1210. The van der Waals surface area contributed by atoms with E-state index in [0.717, 1.165) is 44.7 Å². The molecule has 0 bridgehead atoms. The number of aliphatic hydroxyl groups is 3. The summed E-state index contributed by atoms with van der Waals surface area (Å²) >= 11 is 1.81. The molecule has 0 aliphatic carbocycles. The molecule has 0 radical (unpaired) electrons. The highest BCUT2D eigenvalue weighted by molar-refractivity contribution is 7.15. The third-order valence-electron chi connectivity index (χ3n) is 7.79. The highest BCUT2D eigenvalue weighted by atomic mass is 32.1. The van der Waals surface area contributed by atoms with Crippen molar-refractivity contribution in [3.8, 4) is 10.4 Å². The Balaban J connectivity index is 1.30. The maximum Gasteiger partial charge on any atom is 0.113 e. The van der Waals surface area contributed by atoms with Crippen LogP contribution in [0.1, 0.15) is 40.2 Å². The van der Waals surface area contributed by atoms with Crippen molar-refractivity contribution in [2.75, 3.05) is 33.2 Å². The van der Waals surface area contributed by atoms with E-state index >= 15 is 0 Å². The van der Waals surface area contributed by atoms with Crippen molar-refractivity contribution in [2.45, 2.75) is 57.3 Å². The van der Waals surface area contributed by atoms with Crippen LogP contribution in [0.3, 0.4) is 0 Å². The van der Waals surface area contributed by atoms with Crippen molar-refractivity contribution in [1.29, 1.82) is 0 Å². The molecule has 0 saturated carbocycles. The maximum absolute atomic E-state index is 10.6. The Morgan fingerprint density at radius 1 is 0.919 bits per heavy atom. The monoisotopic (exact) mass is 522 g/mol. The van der Waals surface area contributed by atoms with E-state index in [0.29, 0.717) is 0 Å². The van der Waals surface area contributed by atoms with Gasteiger partial charge in [-0.3, -0.25) is 4.90 Å². The number of piperazine rings is 1. The number of rotatable bonds is 6. The number of hydrogen-bond donors (Lipinski definition) is 3. The molecule has 3 N–H and O–H groups in total. The minimum absolute atomic E-state index is 0.556. The summed E-state index contributed by atoms with van der Waals surface area (Å²) in [6, 6.07) is 19.4. The molecule has 2 aliphatic heterocycles. The first-order valence-corrected chi connectivity index (χ1v) is 14.0. The van der Waals surface area contributed by atoms with Gasteiger partial charge < -0.3 is 25.0 Å². The van der Waals surface area contributed by atoms with E-state index in [-0.39, 0.29) is 0 Å². The topological polar surface area (TPSA) is 76.4 Å². The van der Waals surface area contributed by atoms with Gasteiger partial charge in [0.2, 0.25) is 0 Å². The molecule has 3 aromatic rings. The molecule has 5 rings (SSSR count). The van der Waals surface area contributed by atoms with Crippen LogP contribution < -0.4 is 0 Å². The zero-order valence-electron chi connectivity index (χ0n) is 21.9. The highest BCUT2D eigenvalue weighted by Crippen LogP contribution is 2.35. The Hall–Kier alpha value is -2.10. The fourth-order valence-electron chi connectivity index (χ4n) is 5.29. The second-order valence-corrected chi connectivity index (χ2v) is 11.8. The predicted octanol–water partition coefficient (Wildman–Crippen LogP) is 3.60. The van der Waals surface area contributed by atoms with Crippen molar-refractivity contribution in [3.05, 3.63) is 81.7 Å². The molecule has 1 aromatic heterocycles. The Labute approximate surface area is 223 Å². The van der Waals surface area contributed by atoms with Crippen LogP contribution >= 0.6 is 11.3 Å². The molecule has 7 heteroatoms. The van der Waals surface area contributed by atoms with Crippen LogP contribution in [0.25, 0.3) is 10.4 Å². The van der Waals surface area contributed by atoms with Crippen molar-refractivity contribution in [2.24, 2.45) is 0 Å². The van der Waals surface area contributed by atoms with Gasteiger partial charge in [0.1, 0.15) is 24.4 Å². The minimum Gasteiger partial charge on any atom is -0.388 e. The van der Waals surface area contributed by atoms with Crippen molar-refractivity contribution in [1.82, 2.24) is 9.80 Å².